The molecule has 1 N–H and O–H groups in total. The van der Waals surface area contributed by atoms with E-state index < -0.39 is 0 Å². The maximum Gasteiger partial charge on any atom is 0.306 e. The monoisotopic (exact) mass is 348 g/mol. The predicted octanol–water partition coefficient (Wildman–Crippen LogP) is 3.47. The molecule has 24 heavy (non-hydrogen) atoms. The number of aromatic nitrogens is 1. The predicted molar refractivity (Wildman–Crippen MR) is 96.0 cm³/mol. The van der Waals surface area contributed by atoms with Gasteiger partial charge in [0.2, 0.25) is 0 Å². The third kappa shape index (κ3) is 5.92. The maximum absolute atomic E-state index is 11.7. The number of nitrogens with one attached hydrogen (secondary N) is 1. The minimum atomic E-state index is -0.339. The summed E-state index contributed by atoms with van der Waals surface area (Å²) in [5.74, 6) is -0.579. The first-order valence-corrected chi connectivity index (χ1v) is 9.19. The van der Waals surface area contributed by atoms with Gasteiger partial charge >= 0.3 is 5.97 Å². The van der Waals surface area contributed by atoms with Gasteiger partial charge in [-0.1, -0.05) is 25.5 Å². The minimum absolute atomic E-state index is 0.111. The maximum atomic E-state index is 11.7. The molecule has 2 rings (SSSR count). The van der Waals surface area contributed by atoms with Crippen LogP contribution in [0.4, 0.5) is 0 Å². The fraction of sp³-hybridized carbons (Fsp3) is 0.500. The Morgan fingerprint density at radius 1 is 1.33 bits per heavy atom. The van der Waals surface area contributed by atoms with Crippen molar-refractivity contribution in [1.29, 1.82) is 0 Å². The number of hydrogen-bond acceptors (Lipinski definition) is 5. The topological polar surface area (TPSA) is 68.3 Å². The van der Waals surface area contributed by atoms with Gasteiger partial charge in [-0.15, -0.1) is 11.3 Å². The van der Waals surface area contributed by atoms with Gasteiger partial charge in [0.1, 0.15) is 0 Å². The van der Waals surface area contributed by atoms with Crippen molar-refractivity contribution >= 4 is 33.4 Å². The highest BCUT2D eigenvalue weighted by Crippen LogP contribution is 2.22. The van der Waals surface area contributed by atoms with Crippen LogP contribution in [0.1, 0.15) is 44.5 Å². The van der Waals surface area contributed by atoms with Crippen LogP contribution in [-0.2, 0) is 20.7 Å². The van der Waals surface area contributed by atoms with E-state index in [4.69, 9.17) is 4.74 Å². The Morgan fingerprint density at radius 2 is 2.12 bits per heavy atom. The lowest BCUT2D eigenvalue weighted by Crippen LogP contribution is -2.35. The van der Waals surface area contributed by atoms with Gasteiger partial charge in [0.15, 0.2) is 6.61 Å². The molecular weight excluding hydrogens is 324 g/mol. The van der Waals surface area contributed by atoms with Crippen molar-refractivity contribution in [3.05, 3.63) is 29.3 Å². The lowest BCUT2D eigenvalue weighted by Gasteiger charge is -2.12. The second-order valence-electron chi connectivity index (χ2n) is 5.85. The van der Waals surface area contributed by atoms with Crippen molar-refractivity contribution in [1.82, 2.24) is 10.3 Å². The summed E-state index contributed by atoms with van der Waals surface area (Å²) in [5.41, 5.74) is 0.998. The number of ether oxygens (including phenoxy) is 1. The van der Waals surface area contributed by atoms with Gasteiger partial charge in [-0.25, -0.2) is 4.98 Å². The largest absolute Gasteiger partial charge is 0.456 e. The van der Waals surface area contributed by atoms with Crippen molar-refractivity contribution < 1.29 is 14.3 Å². The van der Waals surface area contributed by atoms with E-state index in [9.17, 15) is 9.59 Å². The average molecular weight is 348 g/mol. The van der Waals surface area contributed by atoms with Crippen molar-refractivity contribution in [3.63, 3.8) is 0 Å². The molecular formula is C18H24N2O3S. The smallest absolute Gasteiger partial charge is 0.306 e. The van der Waals surface area contributed by atoms with Crippen LogP contribution < -0.4 is 5.32 Å². The summed E-state index contributed by atoms with van der Waals surface area (Å²) < 4.78 is 6.17. The van der Waals surface area contributed by atoms with Crippen LogP contribution in [0.5, 0.6) is 0 Å². The summed E-state index contributed by atoms with van der Waals surface area (Å²) in [6.07, 6.45) is 3.64. The lowest BCUT2D eigenvalue weighted by molar-refractivity contribution is -0.148. The number of nitrogens with zero attached hydrogens (tertiary/aromatic N) is 1. The first-order valence-electron chi connectivity index (χ1n) is 8.38. The molecule has 1 heterocycles. The zero-order valence-corrected chi connectivity index (χ0v) is 15.0. The second kappa shape index (κ2) is 9.37. The van der Waals surface area contributed by atoms with Gasteiger partial charge in [-0.3, -0.25) is 9.59 Å². The number of fused-ring (bicyclic) bond motifs is 1. The molecule has 130 valence electrons. The number of aryl methyl sites for hydroxylation is 1. The number of rotatable bonds is 9. The second-order valence-corrected chi connectivity index (χ2v) is 6.96. The van der Waals surface area contributed by atoms with E-state index in [1.165, 1.54) is 0 Å². The molecule has 1 aromatic heterocycles. The summed E-state index contributed by atoms with van der Waals surface area (Å²) in [6, 6.07) is 8.11. The molecule has 0 fully saturated rings. The molecule has 0 unspecified atom stereocenters. The molecule has 1 amide bonds. The van der Waals surface area contributed by atoms with Crippen LogP contribution >= 0.6 is 11.3 Å². The van der Waals surface area contributed by atoms with Gasteiger partial charge in [-0.05, 0) is 38.3 Å². The number of para-hydroxylation sites is 1. The Balaban J connectivity index is 1.65. The lowest BCUT2D eigenvalue weighted by atomic mass is 10.2. The number of thiazole rings is 1. The SMILES string of the molecule is CCC[C@H](C)NC(=O)COC(=O)CCCc1nc2ccccc2s1. The van der Waals surface area contributed by atoms with Gasteiger partial charge < -0.3 is 10.1 Å². The molecule has 0 spiro atoms. The van der Waals surface area contributed by atoms with Gasteiger partial charge in [0.25, 0.3) is 5.91 Å². The quantitative estimate of drug-likeness (QED) is 0.705. The number of amides is 1. The van der Waals surface area contributed by atoms with Crippen LogP contribution in [-0.4, -0.2) is 29.5 Å². The van der Waals surface area contributed by atoms with Crippen LogP contribution in [0.3, 0.4) is 0 Å². The molecule has 5 nitrogen and oxygen atoms in total. The molecule has 0 saturated carbocycles. The van der Waals surface area contributed by atoms with Crippen molar-refractivity contribution in [3.8, 4) is 0 Å². The molecule has 6 heteroatoms. The zero-order valence-electron chi connectivity index (χ0n) is 14.2. The fourth-order valence-electron chi connectivity index (χ4n) is 2.45. The number of esters is 1. The Morgan fingerprint density at radius 3 is 2.88 bits per heavy atom. The Kier molecular flexibility index (Phi) is 7.18. The Bertz CT molecular complexity index is 651. The van der Waals surface area contributed by atoms with E-state index in [2.05, 4.69) is 17.2 Å². The molecule has 2 aromatic rings. The highest BCUT2D eigenvalue weighted by atomic mass is 32.1. The number of benzene rings is 1. The zero-order chi connectivity index (χ0) is 17.4. The fourth-order valence-corrected chi connectivity index (χ4v) is 3.46. The van der Waals surface area contributed by atoms with Gasteiger partial charge in [-0.2, -0.15) is 0 Å². The summed E-state index contributed by atoms with van der Waals surface area (Å²) in [5, 5.41) is 3.83. The van der Waals surface area contributed by atoms with E-state index in [0.29, 0.717) is 12.8 Å². The molecule has 0 bridgehead atoms. The van der Waals surface area contributed by atoms with E-state index in [1.807, 2.05) is 31.2 Å². The van der Waals surface area contributed by atoms with Gasteiger partial charge in [0.05, 0.1) is 15.2 Å². The number of hydrogen-bond donors (Lipinski definition) is 1. The summed E-state index contributed by atoms with van der Waals surface area (Å²) in [7, 11) is 0. The van der Waals surface area contributed by atoms with E-state index in [1.54, 1.807) is 11.3 Å². The highest BCUT2D eigenvalue weighted by Gasteiger charge is 2.10. The van der Waals surface area contributed by atoms with Crippen molar-refractivity contribution in [2.75, 3.05) is 6.61 Å². The van der Waals surface area contributed by atoms with E-state index in [-0.39, 0.29) is 24.5 Å². The Labute approximate surface area is 146 Å². The molecule has 0 saturated heterocycles. The van der Waals surface area contributed by atoms with Crippen LogP contribution in [0.25, 0.3) is 10.2 Å². The molecule has 0 radical (unpaired) electrons. The third-order valence-electron chi connectivity index (χ3n) is 3.60. The number of carbonyl (C=O) groups excluding carboxylic acids is 2. The average Bonchev–Trinajstić information content (AvgIpc) is 2.96. The van der Waals surface area contributed by atoms with Crippen LogP contribution in [0.2, 0.25) is 0 Å². The molecule has 0 aliphatic rings. The molecule has 1 aromatic carbocycles. The standard InChI is InChI=1S/C18H24N2O3S/c1-3-7-13(2)19-16(21)12-23-18(22)11-6-10-17-20-14-8-4-5-9-15(14)24-17/h4-5,8-9,13H,3,6-7,10-12H2,1-2H3,(H,19,21)/t13-/m0/s1. The van der Waals surface area contributed by atoms with E-state index >= 15 is 0 Å². The first-order chi connectivity index (χ1) is 11.6. The van der Waals surface area contributed by atoms with Crippen molar-refractivity contribution in [2.24, 2.45) is 0 Å². The molecule has 1 atom stereocenters. The minimum Gasteiger partial charge on any atom is -0.456 e. The van der Waals surface area contributed by atoms with Crippen LogP contribution in [0.15, 0.2) is 24.3 Å². The Hall–Kier alpha value is -1.95. The van der Waals surface area contributed by atoms with Crippen LogP contribution in [0, 0.1) is 0 Å². The van der Waals surface area contributed by atoms with E-state index in [0.717, 1.165) is 34.5 Å². The normalized spacial score (nSPS) is 12.1. The third-order valence-corrected chi connectivity index (χ3v) is 4.70. The number of carbonyl (C=O) groups is 2. The first kappa shape index (κ1) is 18.4. The summed E-state index contributed by atoms with van der Waals surface area (Å²) >= 11 is 1.65. The van der Waals surface area contributed by atoms with Crippen molar-refractivity contribution in [2.45, 2.75) is 52.0 Å². The summed E-state index contributed by atoms with van der Waals surface area (Å²) in [4.78, 5) is 27.9. The molecule has 0 aliphatic heterocycles. The highest BCUT2D eigenvalue weighted by molar-refractivity contribution is 7.18. The van der Waals surface area contributed by atoms with Gasteiger partial charge in [0, 0.05) is 12.5 Å². The molecule has 0 aliphatic carbocycles. The summed E-state index contributed by atoms with van der Waals surface area (Å²) in [6.45, 7) is 3.81.